The molecule has 122 valence electrons. The van der Waals surface area contributed by atoms with Gasteiger partial charge in [0.1, 0.15) is 0 Å². The van der Waals surface area contributed by atoms with E-state index in [4.69, 9.17) is 9.84 Å². The number of rotatable bonds is 4. The highest BCUT2D eigenvalue weighted by atomic mass is 19.4. The number of carboxylic acid groups (broad SMARTS) is 1. The van der Waals surface area contributed by atoms with Crippen molar-refractivity contribution >= 4 is 5.97 Å². The van der Waals surface area contributed by atoms with Gasteiger partial charge in [-0.3, -0.25) is 9.69 Å². The minimum atomic E-state index is -4.38. The molecule has 21 heavy (non-hydrogen) atoms. The number of carbonyl (C=O) groups is 1. The first-order valence-electron chi connectivity index (χ1n) is 7.46. The number of carboxylic acids is 1. The van der Waals surface area contributed by atoms with Crippen molar-refractivity contribution in [3.8, 4) is 0 Å². The van der Waals surface area contributed by atoms with E-state index in [0.29, 0.717) is 19.4 Å². The molecule has 0 radical (unpaired) electrons. The summed E-state index contributed by atoms with van der Waals surface area (Å²) in [6.45, 7) is -1.32. The fourth-order valence-corrected chi connectivity index (χ4v) is 3.58. The van der Waals surface area contributed by atoms with Gasteiger partial charge in [-0.15, -0.1) is 0 Å². The Hall–Kier alpha value is -0.820. The Morgan fingerprint density at radius 1 is 1.29 bits per heavy atom. The lowest BCUT2D eigenvalue weighted by molar-refractivity contribution is -0.173. The van der Waals surface area contributed by atoms with Gasteiger partial charge >= 0.3 is 12.1 Å². The van der Waals surface area contributed by atoms with E-state index in [1.165, 1.54) is 0 Å². The van der Waals surface area contributed by atoms with E-state index in [1.807, 2.05) is 0 Å². The van der Waals surface area contributed by atoms with Crippen LogP contribution in [0.1, 0.15) is 44.9 Å². The van der Waals surface area contributed by atoms with Crippen molar-refractivity contribution in [2.75, 3.05) is 19.7 Å². The van der Waals surface area contributed by atoms with Crippen molar-refractivity contribution in [3.05, 3.63) is 0 Å². The zero-order chi connectivity index (χ0) is 15.5. The van der Waals surface area contributed by atoms with Gasteiger partial charge in [-0.2, -0.15) is 13.2 Å². The summed E-state index contributed by atoms with van der Waals surface area (Å²) < 4.78 is 43.9. The second-order valence-electron chi connectivity index (χ2n) is 6.15. The fraction of sp³-hybridized carbons (Fsp3) is 0.929. The van der Waals surface area contributed by atoms with Gasteiger partial charge in [0, 0.05) is 12.6 Å². The molecule has 1 spiro atoms. The van der Waals surface area contributed by atoms with Crippen LogP contribution in [0.2, 0.25) is 0 Å². The first-order chi connectivity index (χ1) is 9.80. The first kappa shape index (κ1) is 16.5. The van der Waals surface area contributed by atoms with Crippen molar-refractivity contribution < 1.29 is 27.8 Å². The zero-order valence-corrected chi connectivity index (χ0v) is 12.0. The minimum Gasteiger partial charge on any atom is -0.480 e. The number of halogens is 3. The Morgan fingerprint density at radius 3 is 2.52 bits per heavy atom. The van der Waals surface area contributed by atoms with Crippen molar-refractivity contribution in [2.45, 2.75) is 62.8 Å². The monoisotopic (exact) mass is 309 g/mol. The van der Waals surface area contributed by atoms with Gasteiger partial charge in [-0.25, -0.2) is 0 Å². The molecular weight excluding hydrogens is 287 g/mol. The molecule has 1 saturated heterocycles. The fourth-order valence-electron chi connectivity index (χ4n) is 3.58. The summed E-state index contributed by atoms with van der Waals surface area (Å²) in [7, 11) is 0. The van der Waals surface area contributed by atoms with E-state index in [2.05, 4.69) is 0 Å². The molecular formula is C14H22F3NO3. The molecule has 0 aromatic carbocycles. The molecule has 1 saturated carbocycles. The Kier molecular flexibility index (Phi) is 5.14. The average Bonchev–Trinajstić information content (AvgIpc) is 2.37. The number of hydrogen-bond donors (Lipinski definition) is 1. The number of alkyl halides is 3. The maximum Gasteiger partial charge on any atom is 0.401 e. The van der Waals surface area contributed by atoms with Crippen LogP contribution in [0.15, 0.2) is 0 Å². The molecule has 0 aromatic heterocycles. The van der Waals surface area contributed by atoms with Crippen molar-refractivity contribution in [1.82, 2.24) is 4.90 Å². The lowest BCUT2D eigenvalue weighted by Crippen LogP contribution is -2.52. The van der Waals surface area contributed by atoms with E-state index in [0.717, 1.165) is 37.0 Å². The summed E-state index contributed by atoms with van der Waals surface area (Å²) in [5.74, 6) is -1.22. The molecule has 1 unspecified atom stereocenters. The molecule has 1 heterocycles. The lowest BCUT2D eigenvalue weighted by atomic mass is 9.78. The molecule has 1 atom stereocenters. The highest BCUT2D eigenvalue weighted by Crippen LogP contribution is 2.40. The highest BCUT2D eigenvalue weighted by Gasteiger charge is 2.43. The van der Waals surface area contributed by atoms with Crippen LogP contribution >= 0.6 is 0 Å². The van der Waals surface area contributed by atoms with Crippen LogP contribution in [-0.2, 0) is 9.53 Å². The molecule has 2 fully saturated rings. The van der Waals surface area contributed by atoms with Gasteiger partial charge in [-0.1, -0.05) is 19.3 Å². The topological polar surface area (TPSA) is 49.8 Å². The number of nitrogens with zero attached hydrogens (tertiary/aromatic N) is 1. The molecule has 0 amide bonds. The Morgan fingerprint density at radius 2 is 1.95 bits per heavy atom. The summed E-state index contributed by atoms with van der Waals surface area (Å²) in [5.41, 5.74) is -0.330. The third kappa shape index (κ3) is 4.85. The first-order valence-corrected chi connectivity index (χ1v) is 7.46. The van der Waals surface area contributed by atoms with Gasteiger partial charge in [0.2, 0.25) is 0 Å². The summed E-state index contributed by atoms with van der Waals surface area (Å²) in [5, 5.41) is 8.87. The third-order valence-electron chi connectivity index (χ3n) is 4.47. The second kappa shape index (κ2) is 6.52. The van der Waals surface area contributed by atoms with Crippen LogP contribution in [0.4, 0.5) is 13.2 Å². The van der Waals surface area contributed by atoms with E-state index >= 15 is 0 Å². The predicted octanol–water partition coefficient (Wildman–Crippen LogP) is 2.82. The molecule has 0 aromatic rings. The maximum absolute atomic E-state index is 12.7. The number of aliphatic carboxylic acids is 1. The quantitative estimate of drug-likeness (QED) is 0.867. The molecule has 1 aliphatic carbocycles. The van der Waals surface area contributed by atoms with Crippen LogP contribution in [-0.4, -0.2) is 53.5 Å². The minimum absolute atomic E-state index is 0.330. The standard InChI is InChI=1S/C14H22F3NO3/c15-14(16,17)10-18(9-12(19)20)11-4-7-21-13(8-11)5-2-1-3-6-13/h11H,1-10H2,(H,19,20). The van der Waals surface area contributed by atoms with Crippen LogP contribution in [0, 0.1) is 0 Å². The maximum atomic E-state index is 12.7. The Balaban J connectivity index is 2.05. The van der Waals surface area contributed by atoms with Gasteiger partial charge in [0.05, 0.1) is 18.7 Å². The molecule has 0 bridgehead atoms. The SMILES string of the molecule is O=C(O)CN(CC(F)(F)F)C1CCOC2(CCCCC2)C1. The average molecular weight is 309 g/mol. The lowest BCUT2D eigenvalue weighted by Gasteiger charge is -2.46. The zero-order valence-electron chi connectivity index (χ0n) is 12.0. The van der Waals surface area contributed by atoms with Gasteiger partial charge in [-0.05, 0) is 25.7 Å². The molecule has 2 aliphatic rings. The van der Waals surface area contributed by atoms with Crippen molar-refractivity contribution in [1.29, 1.82) is 0 Å². The molecule has 1 N–H and O–H groups in total. The van der Waals surface area contributed by atoms with Gasteiger partial charge in [0.15, 0.2) is 0 Å². The molecule has 2 rings (SSSR count). The highest BCUT2D eigenvalue weighted by molar-refractivity contribution is 5.69. The van der Waals surface area contributed by atoms with E-state index in [-0.39, 0.29) is 11.6 Å². The molecule has 4 nitrogen and oxygen atoms in total. The van der Waals surface area contributed by atoms with E-state index < -0.39 is 25.2 Å². The number of hydrogen-bond acceptors (Lipinski definition) is 3. The summed E-state index contributed by atoms with van der Waals surface area (Å²) in [4.78, 5) is 11.9. The van der Waals surface area contributed by atoms with Crippen molar-refractivity contribution in [2.24, 2.45) is 0 Å². The summed E-state index contributed by atoms with van der Waals surface area (Å²) in [6.07, 6.45) is 1.54. The van der Waals surface area contributed by atoms with Crippen molar-refractivity contribution in [3.63, 3.8) is 0 Å². The summed E-state index contributed by atoms with van der Waals surface area (Å²) in [6, 6.07) is -0.366. The van der Waals surface area contributed by atoms with Gasteiger partial charge < -0.3 is 9.84 Å². The third-order valence-corrected chi connectivity index (χ3v) is 4.47. The number of ether oxygens (including phenoxy) is 1. The molecule has 7 heteroatoms. The van der Waals surface area contributed by atoms with E-state index in [9.17, 15) is 18.0 Å². The smallest absolute Gasteiger partial charge is 0.401 e. The Labute approximate surface area is 122 Å². The van der Waals surface area contributed by atoms with Crippen LogP contribution in [0.5, 0.6) is 0 Å². The van der Waals surface area contributed by atoms with Crippen LogP contribution < -0.4 is 0 Å². The van der Waals surface area contributed by atoms with Crippen LogP contribution in [0.3, 0.4) is 0 Å². The van der Waals surface area contributed by atoms with Crippen LogP contribution in [0.25, 0.3) is 0 Å². The molecule has 1 aliphatic heterocycles. The van der Waals surface area contributed by atoms with E-state index in [1.54, 1.807) is 0 Å². The predicted molar refractivity (Wildman–Crippen MR) is 70.1 cm³/mol. The van der Waals surface area contributed by atoms with Gasteiger partial charge in [0.25, 0.3) is 0 Å². The second-order valence-corrected chi connectivity index (χ2v) is 6.15. The largest absolute Gasteiger partial charge is 0.480 e. The normalized spacial score (nSPS) is 26.2. The Bertz CT molecular complexity index is 361. The summed E-state index contributed by atoms with van der Waals surface area (Å²) >= 11 is 0.